The number of hydrazine groups is 1. The van der Waals surface area contributed by atoms with Crippen LogP contribution in [-0.4, -0.2) is 23.3 Å². The van der Waals surface area contributed by atoms with Crippen LogP contribution in [0, 0.1) is 0 Å². The number of rotatable bonds is 15. The van der Waals surface area contributed by atoms with E-state index in [1.165, 1.54) is 89.9 Å². The Morgan fingerprint density at radius 1 is 0.826 bits per heavy atom. The predicted octanol–water partition coefficient (Wildman–Crippen LogP) is 6.05. The van der Waals surface area contributed by atoms with E-state index in [9.17, 15) is 0 Å². The summed E-state index contributed by atoms with van der Waals surface area (Å²) in [5.74, 6) is 0. The predicted molar refractivity (Wildman–Crippen MR) is 103 cm³/mol. The molecule has 0 aromatic carbocycles. The average Bonchev–Trinajstić information content (AvgIpc) is 3.07. The molecule has 0 saturated carbocycles. The first kappa shape index (κ1) is 20.5. The fourth-order valence-electron chi connectivity index (χ4n) is 3.37. The molecule has 1 rings (SSSR count). The topological polar surface area (TPSA) is 27.6 Å². The third kappa shape index (κ3) is 10.0. The van der Waals surface area contributed by atoms with E-state index in [1.54, 1.807) is 0 Å². The van der Waals surface area contributed by atoms with Crippen molar-refractivity contribution in [3.05, 3.63) is 0 Å². The maximum Gasteiger partial charge on any atom is 0.0572 e. The van der Waals surface area contributed by atoms with Gasteiger partial charge in [-0.05, 0) is 20.3 Å². The highest BCUT2D eigenvalue weighted by atomic mass is 15.7. The summed E-state index contributed by atoms with van der Waals surface area (Å²) in [7, 11) is 0. The lowest BCUT2D eigenvalue weighted by Gasteiger charge is -2.34. The third-order valence-electron chi connectivity index (χ3n) is 5.16. The van der Waals surface area contributed by atoms with Crippen molar-refractivity contribution in [3.8, 4) is 0 Å². The minimum atomic E-state index is 0.217. The smallest absolute Gasteiger partial charge is 0.0572 e. The zero-order valence-corrected chi connectivity index (χ0v) is 16.1. The zero-order chi connectivity index (χ0) is 16.8. The number of hydrazone groups is 1. The minimum Gasteiger partial charge on any atom is -0.240 e. The number of hydrogen-bond acceptors (Lipinski definition) is 3. The minimum absolute atomic E-state index is 0.217. The molecule has 0 unspecified atom stereocenters. The first-order valence-corrected chi connectivity index (χ1v) is 10.2. The summed E-state index contributed by atoms with van der Waals surface area (Å²) in [5.41, 5.74) is 3.31. The van der Waals surface area contributed by atoms with Gasteiger partial charge in [0.05, 0.1) is 6.54 Å². The molecule has 1 N–H and O–H groups in total. The van der Waals surface area contributed by atoms with E-state index in [0.29, 0.717) is 0 Å². The average molecular weight is 324 g/mol. The van der Waals surface area contributed by atoms with Crippen molar-refractivity contribution in [2.24, 2.45) is 5.10 Å². The lowest BCUT2D eigenvalue weighted by molar-refractivity contribution is 0.0835. The van der Waals surface area contributed by atoms with Crippen LogP contribution in [0.15, 0.2) is 5.10 Å². The Bertz CT molecular complexity index is 291. The van der Waals surface area contributed by atoms with E-state index in [0.717, 1.165) is 6.54 Å². The van der Waals surface area contributed by atoms with Crippen molar-refractivity contribution in [1.29, 1.82) is 0 Å². The molecule has 0 bridgehead atoms. The maximum atomic E-state index is 4.10. The van der Waals surface area contributed by atoms with Gasteiger partial charge >= 0.3 is 0 Å². The van der Waals surface area contributed by atoms with Crippen LogP contribution in [0.2, 0.25) is 0 Å². The SMILES string of the molecule is CCCCCCCCCCCCCCCC(C)(C)N1CC=NN1. The van der Waals surface area contributed by atoms with Crippen molar-refractivity contribution in [2.75, 3.05) is 6.54 Å². The lowest BCUT2D eigenvalue weighted by Crippen LogP contribution is -2.47. The number of nitrogens with one attached hydrogen (secondary N) is 1. The van der Waals surface area contributed by atoms with Gasteiger partial charge in [-0.15, -0.1) is 0 Å². The second kappa shape index (κ2) is 12.8. The fraction of sp³-hybridized carbons (Fsp3) is 0.950. The summed E-state index contributed by atoms with van der Waals surface area (Å²) in [4.78, 5) is 0. The molecule has 0 radical (unpaired) electrons. The molecule has 136 valence electrons. The lowest BCUT2D eigenvalue weighted by atomic mass is 9.95. The van der Waals surface area contributed by atoms with E-state index < -0.39 is 0 Å². The standard InChI is InChI=1S/C20H41N3/c1-4-5-6-7-8-9-10-11-12-13-14-15-16-17-20(2,3)23-19-18-21-22-23/h18,22H,4-17,19H2,1-3H3. The molecule has 3 heteroatoms. The Morgan fingerprint density at radius 3 is 1.74 bits per heavy atom. The molecule has 1 aliphatic rings. The highest BCUT2D eigenvalue weighted by Crippen LogP contribution is 2.22. The highest BCUT2D eigenvalue weighted by Gasteiger charge is 2.27. The van der Waals surface area contributed by atoms with E-state index in [-0.39, 0.29) is 5.54 Å². The van der Waals surface area contributed by atoms with E-state index in [1.807, 2.05) is 6.21 Å². The van der Waals surface area contributed by atoms with Gasteiger partial charge in [-0.2, -0.15) is 10.1 Å². The zero-order valence-electron chi connectivity index (χ0n) is 16.1. The normalized spacial score (nSPS) is 15.3. The molecule has 23 heavy (non-hydrogen) atoms. The first-order valence-electron chi connectivity index (χ1n) is 10.2. The molecule has 0 aliphatic carbocycles. The molecule has 0 atom stereocenters. The van der Waals surface area contributed by atoms with Crippen molar-refractivity contribution in [1.82, 2.24) is 10.5 Å². The Hall–Kier alpha value is -0.570. The van der Waals surface area contributed by atoms with Crippen LogP contribution in [0.5, 0.6) is 0 Å². The maximum absolute atomic E-state index is 4.10. The van der Waals surface area contributed by atoms with Crippen LogP contribution in [-0.2, 0) is 0 Å². The summed E-state index contributed by atoms with van der Waals surface area (Å²) < 4.78 is 0. The van der Waals surface area contributed by atoms with Gasteiger partial charge in [-0.3, -0.25) is 0 Å². The van der Waals surface area contributed by atoms with Crippen LogP contribution in [0.3, 0.4) is 0 Å². The Labute approximate surface area is 145 Å². The molecule has 3 nitrogen and oxygen atoms in total. The van der Waals surface area contributed by atoms with Gasteiger partial charge in [-0.25, -0.2) is 5.53 Å². The van der Waals surface area contributed by atoms with Gasteiger partial charge in [0, 0.05) is 11.8 Å². The molecule has 1 aliphatic heterocycles. The molecule has 0 spiro atoms. The van der Waals surface area contributed by atoms with Gasteiger partial charge in [0.2, 0.25) is 0 Å². The molecule has 0 fully saturated rings. The van der Waals surface area contributed by atoms with Crippen LogP contribution < -0.4 is 5.53 Å². The van der Waals surface area contributed by atoms with Crippen molar-refractivity contribution in [2.45, 2.75) is 116 Å². The van der Waals surface area contributed by atoms with Crippen molar-refractivity contribution >= 4 is 6.21 Å². The summed E-state index contributed by atoms with van der Waals surface area (Å²) >= 11 is 0. The third-order valence-corrected chi connectivity index (χ3v) is 5.16. The number of nitrogens with zero attached hydrogens (tertiary/aromatic N) is 2. The van der Waals surface area contributed by atoms with E-state index >= 15 is 0 Å². The molecule has 0 aromatic rings. The first-order chi connectivity index (χ1) is 11.2. The monoisotopic (exact) mass is 323 g/mol. The molecular weight excluding hydrogens is 282 g/mol. The largest absolute Gasteiger partial charge is 0.240 e. The Balaban J connectivity index is 1.81. The second-order valence-electron chi connectivity index (χ2n) is 7.83. The molecule has 0 saturated heterocycles. The number of unbranched alkanes of at least 4 members (excludes halogenated alkanes) is 12. The summed E-state index contributed by atoms with van der Waals surface area (Å²) in [6, 6.07) is 0. The quantitative estimate of drug-likeness (QED) is 0.371. The van der Waals surface area contributed by atoms with Crippen LogP contribution in [0.25, 0.3) is 0 Å². The molecule has 1 heterocycles. The molecular formula is C20H41N3. The molecule has 0 amide bonds. The number of hydrogen-bond donors (Lipinski definition) is 1. The van der Waals surface area contributed by atoms with Crippen molar-refractivity contribution in [3.63, 3.8) is 0 Å². The summed E-state index contributed by atoms with van der Waals surface area (Å²) in [6.45, 7) is 7.86. The Kier molecular flexibility index (Phi) is 11.4. The fourth-order valence-corrected chi connectivity index (χ4v) is 3.37. The van der Waals surface area contributed by atoms with Gasteiger partial charge < -0.3 is 0 Å². The van der Waals surface area contributed by atoms with Crippen molar-refractivity contribution < 1.29 is 0 Å². The van der Waals surface area contributed by atoms with Gasteiger partial charge in [0.25, 0.3) is 0 Å². The summed E-state index contributed by atoms with van der Waals surface area (Å²) in [5, 5.41) is 6.34. The summed E-state index contributed by atoms with van der Waals surface area (Å²) in [6.07, 6.45) is 21.7. The van der Waals surface area contributed by atoms with Gasteiger partial charge in [-0.1, -0.05) is 90.4 Å². The van der Waals surface area contributed by atoms with Crippen LogP contribution >= 0.6 is 0 Å². The highest BCUT2D eigenvalue weighted by molar-refractivity contribution is 5.60. The molecule has 0 aromatic heterocycles. The van der Waals surface area contributed by atoms with E-state index in [4.69, 9.17) is 0 Å². The van der Waals surface area contributed by atoms with Gasteiger partial charge in [0.15, 0.2) is 0 Å². The van der Waals surface area contributed by atoms with E-state index in [2.05, 4.69) is 36.4 Å². The van der Waals surface area contributed by atoms with Crippen LogP contribution in [0.1, 0.15) is 111 Å². The van der Waals surface area contributed by atoms with Crippen LogP contribution in [0.4, 0.5) is 0 Å². The Morgan fingerprint density at radius 2 is 1.30 bits per heavy atom. The second-order valence-corrected chi connectivity index (χ2v) is 7.83. The van der Waals surface area contributed by atoms with Gasteiger partial charge in [0.1, 0.15) is 0 Å².